The van der Waals surface area contributed by atoms with Gasteiger partial charge in [0, 0.05) is 17.1 Å². The van der Waals surface area contributed by atoms with Crippen LogP contribution in [0.2, 0.25) is 0 Å². The molecular formula is C13H19BrN2. The molecule has 0 aliphatic carbocycles. The number of hydrogen-bond acceptors (Lipinski definition) is 2. The highest BCUT2D eigenvalue weighted by Crippen LogP contribution is 2.19. The Kier molecular flexibility index (Phi) is 4.38. The van der Waals surface area contributed by atoms with Crippen LogP contribution in [-0.2, 0) is 0 Å². The largest absolute Gasteiger partial charge is 0.312 e. The van der Waals surface area contributed by atoms with Crippen LogP contribution in [0, 0.1) is 0 Å². The van der Waals surface area contributed by atoms with Gasteiger partial charge < -0.3 is 10.2 Å². The van der Waals surface area contributed by atoms with Gasteiger partial charge in [0.1, 0.15) is 0 Å². The van der Waals surface area contributed by atoms with Crippen molar-refractivity contribution < 1.29 is 0 Å². The quantitative estimate of drug-likeness (QED) is 0.914. The van der Waals surface area contributed by atoms with Crippen molar-refractivity contribution >= 4 is 15.9 Å². The molecule has 0 aromatic heterocycles. The summed E-state index contributed by atoms with van der Waals surface area (Å²) in [6.07, 6.45) is 2.72. The number of halogens is 1. The summed E-state index contributed by atoms with van der Waals surface area (Å²) >= 11 is 3.47. The monoisotopic (exact) mass is 282 g/mol. The van der Waals surface area contributed by atoms with Gasteiger partial charge in [-0.25, -0.2) is 0 Å². The van der Waals surface area contributed by atoms with E-state index in [-0.39, 0.29) is 0 Å². The Morgan fingerprint density at radius 3 is 2.44 bits per heavy atom. The second kappa shape index (κ2) is 5.80. The number of benzene rings is 1. The molecule has 2 nitrogen and oxygen atoms in total. The Morgan fingerprint density at radius 2 is 1.88 bits per heavy atom. The molecule has 1 N–H and O–H groups in total. The third-order valence-corrected chi connectivity index (χ3v) is 3.79. The van der Waals surface area contributed by atoms with Crippen molar-refractivity contribution in [3.05, 3.63) is 34.3 Å². The van der Waals surface area contributed by atoms with E-state index < -0.39 is 0 Å². The molecule has 0 unspecified atom stereocenters. The minimum absolute atomic E-state index is 0.450. The van der Waals surface area contributed by atoms with Crippen LogP contribution in [0.3, 0.4) is 0 Å². The Labute approximate surface area is 106 Å². The summed E-state index contributed by atoms with van der Waals surface area (Å²) < 4.78 is 1.15. The number of nitrogens with one attached hydrogen (secondary N) is 1. The molecule has 0 radical (unpaired) electrons. The fraction of sp³-hybridized carbons (Fsp3) is 0.538. The van der Waals surface area contributed by atoms with Gasteiger partial charge in [-0.2, -0.15) is 0 Å². The van der Waals surface area contributed by atoms with E-state index in [1.54, 1.807) is 0 Å². The van der Waals surface area contributed by atoms with E-state index in [4.69, 9.17) is 0 Å². The Morgan fingerprint density at radius 1 is 1.25 bits per heavy atom. The van der Waals surface area contributed by atoms with Crippen LogP contribution in [0.15, 0.2) is 28.7 Å². The summed E-state index contributed by atoms with van der Waals surface area (Å²) in [6, 6.07) is 9.07. The van der Waals surface area contributed by atoms with Gasteiger partial charge in [0.05, 0.1) is 0 Å². The van der Waals surface area contributed by atoms with E-state index in [1.165, 1.54) is 31.5 Å². The Balaban J connectivity index is 2.00. The van der Waals surface area contributed by atoms with Crippen molar-refractivity contribution in [3.63, 3.8) is 0 Å². The summed E-state index contributed by atoms with van der Waals surface area (Å²) in [4.78, 5) is 2.54. The van der Waals surface area contributed by atoms with Gasteiger partial charge in [-0.15, -0.1) is 0 Å². The first-order valence-corrected chi connectivity index (χ1v) is 6.74. The number of likely N-dealkylation sites (N-methyl/N-ethyl adjacent to an activating group) is 1. The molecule has 1 saturated heterocycles. The number of hydrogen-bond donors (Lipinski definition) is 1. The molecule has 0 spiro atoms. The van der Waals surface area contributed by atoms with Gasteiger partial charge >= 0.3 is 0 Å². The molecule has 3 heteroatoms. The second-order valence-electron chi connectivity index (χ2n) is 4.40. The van der Waals surface area contributed by atoms with E-state index in [1.807, 2.05) is 7.05 Å². The lowest BCUT2D eigenvalue weighted by molar-refractivity contribution is 0.299. The molecule has 0 amide bonds. The molecule has 16 heavy (non-hydrogen) atoms. The first kappa shape index (κ1) is 12.1. The SMILES string of the molecule is CN[C@@H](CN1CCCC1)c1ccc(Br)cc1. The zero-order chi connectivity index (χ0) is 11.4. The standard InChI is InChI=1S/C13H19BrN2/c1-15-13(10-16-8-2-3-9-16)11-4-6-12(14)7-5-11/h4-7,13,15H,2-3,8-10H2,1H3/t13-/m0/s1. The maximum Gasteiger partial charge on any atom is 0.0446 e. The normalized spacial score (nSPS) is 18.9. The lowest BCUT2D eigenvalue weighted by Gasteiger charge is -2.23. The number of nitrogens with zero attached hydrogens (tertiary/aromatic N) is 1. The molecule has 1 aliphatic heterocycles. The third-order valence-electron chi connectivity index (χ3n) is 3.26. The van der Waals surface area contributed by atoms with Gasteiger partial charge in [-0.05, 0) is 50.7 Å². The van der Waals surface area contributed by atoms with E-state index in [0.29, 0.717) is 6.04 Å². The molecule has 0 saturated carbocycles. The highest BCUT2D eigenvalue weighted by Gasteiger charge is 2.17. The molecule has 1 aromatic carbocycles. The van der Waals surface area contributed by atoms with Crippen LogP contribution >= 0.6 is 15.9 Å². The van der Waals surface area contributed by atoms with Crippen molar-refractivity contribution in [2.24, 2.45) is 0 Å². The molecule has 0 bridgehead atoms. The lowest BCUT2D eigenvalue weighted by Crippen LogP contribution is -2.31. The van der Waals surface area contributed by atoms with Gasteiger partial charge in [-0.3, -0.25) is 0 Å². The van der Waals surface area contributed by atoms with E-state index >= 15 is 0 Å². The van der Waals surface area contributed by atoms with Crippen molar-refractivity contribution in [3.8, 4) is 0 Å². The van der Waals surface area contributed by atoms with Gasteiger partial charge in [0.25, 0.3) is 0 Å². The van der Waals surface area contributed by atoms with Crippen LogP contribution in [0.1, 0.15) is 24.4 Å². The van der Waals surface area contributed by atoms with E-state index in [2.05, 4.69) is 50.4 Å². The minimum Gasteiger partial charge on any atom is -0.312 e. The Bertz CT molecular complexity index is 317. The zero-order valence-electron chi connectivity index (χ0n) is 9.75. The first-order valence-electron chi connectivity index (χ1n) is 5.94. The second-order valence-corrected chi connectivity index (χ2v) is 5.32. The Hall–Kier alpha value is -0.380. The fourth-order valence-corrected chi connectivity index (χ4v) is 2.55. The van der Waals surface area contributed by atoms with Crippen LogP contribution in [-0.4, -0.2) is 31.6 Å². The molecule has 1 aromatic rings. The smallest absolute Gasteiger partial charge is 0.0446 e. The first-order chi connectivity index (χ1) is 7.79. The van der Waals surface area contributed by atoms with Gasteiger partial charge in [-0.1, -0.05) is 28.1 Å². The van der Waals surface area contributed by atoms with Crippen molar-refractivity contribution in [1.82, 2.24) is 10.2 Å². The maximum atomic E-state index is 3.47. The highest BCUT2D eigenvalue weighted by atomic mass is 79.9. The average molecular weight is 283 g/mol. The molecule has 1 aliphatic rings. The highest BCUT2D eigenvalue weighted by molar-refractivity contribution is 9.10. The molecule has 1 fully saturated rings. The van der Waals surface area contributed by atoms with Crippen LogP contribution in [0.5, 0.6) is 0 Å². The van der Waals surface area contributed by atoms with Crippen LogP contribution in [0.4, 0.5) is 0 Å². The average Bonchev–Trinajstić information content (AvgIpc) is 2.80. The predicted molar refractivity (Wildman–Crippen MR) is 71.6 cm³/mol. The van der Waals surface area contributed by atoms with Crippen LogP contribution < -0.4 is 5.32 Å². The third kappa shape index (κ3) is 3.06. The number of rotatable bonds is 4. The lowest BCUT2D eigenvalue weighted by atomic mass is 10.1. The fourth-order valence-electron chi connectivity index (χ4n) is 2.28. The maximum absolute atomic E-state index is 3.47. The molecule has 88 valence electrons. The molecular weight excluding hydrogens is 264 g/mol. The summed E-state index contributed by atoms with van der Waals surface area (Å²) in [5, 5.41) is 3.41. The van der Waals surface area contributed by atoms with Crippen molar-refractivity contribution in [1.29, 1.82) is 0 Å². The summed E-state index contributed by atoms with van der Waals surface area (Å²) in [5.74, 6) is 0. The molecule has 2 rings (SSSR count). The topological polar surface area (TPSA) is 15.3 Å². The molecule has 1 atom stereocenters. The van der Waals surface area contributed by atoms with Gasteiger partial charge in [0.15, 0.2) is 0 Å². The number of likely N-dealkylation sites (tertiary alicyclic amines) is 1. The predicted octanol–water partition coefficient (Wildman–Crippen LogP) is 2.81. The van der Waals surface area contributed by atoms with Crippen molar-refractivity contribution in [2.75, 3.05) is 26.7 Å². The summed E-state index contributed by atoms with van der Waals surface area (Å²) in [6.45, 7) is 3.64. The molecule has 1 heterocycles. The summed E-state index contributed by atoms with van der Waals surface area (Å²) in [7, 11) is 2.04. The zero-order valence-corrected chi connectivity index (χ0v) is 11.3. The van der Waals surface area contributed by atoms with Crippen LogP contribution in [0.25, 0.3) is 0 Å². The van der Waals surface area contributed by atoms with Crippen molar-refractivity contribution in [2.45, 2.75) is 18.9 Å². The summed E-state index contributed by atoms with van der Waals surface area (Å²) in [5.41, 5.74) is 1.37. The van der Waals surface area contributed by atoms with E-state index in [9.17, 15) is 0 Å². The van der Waals surface area contributed by atoms with Gasteiger partial charge in [0.2, 0.25) is 0 Å². The van der Waals surface area contributed by atoms with E-state index in [0.717, 1.165) is 11.0 Å². The minimum atomic E-state index is 0.450.